The molecule has 5 nitrogen and oxygen atoms in total. The Morgan fingerprint density at radius 1 is 0.880 bits per heavy atom. The van der Waals surface area contributed by atoms with Crippen molar-refractivity contribution in [3.05, 3.63) is 60.2 Å². The minimum Gasteiger partial charge on any atom is -0.288 e. The van der Waals surface area contributed by atoms with Crippen LogP contribution in [0.4, 0.5) is 16.2 Å². The number of hydrogen-bond donors (Lipinski definition) is 0. The average molecular weight is 356 g/mol. The van der Waals surface area contributed by atoms with Crippen molar-refractivity contribution in [2.45, 2.75) is 25.4 Å². The van der Waals surface area contributed by atoms with Gasteiger partial charge in [-0.05, 0) is 36.2 Å². The van der Waals surface area contributed by atoms with E-state index in [-0.39, 0.29) is 29.6 Å². The summed E-state index contributed by atoms with van der Waals surface area (Å²) in [6.45, 7) is 2.08. The van der Waals surface area contributed by atoms with Gasteiger partial charge in [0.15, 0.2) is 9.84 Å². The van der Waals surface area contributed by atoms with Crippen LogP contribution in [0, 0.1) is 0 Å². The summed E-state index contributed by atoms with van der Waals surface area (Å²) in [5.74, 6) is 0.0319. The molecule has 2 aromatic rings. The van der Waals surface area contributed by atoms with Crippen molar-refractivity contribution < 1.29 is 13.2 Å². The first-order valence-electron chi connectivity index (χ1n) is 8.47. The molecule has 130 valence electrons. The fraction of sp³-hybridized carbons (Fsp3) is 0.316. The summed E-state index contributed by atoms with van der Waals surface area (Å²) >= 11 is 0. The van der Waals surface area contributed by atoms with E-state index < -0.39 is 9.84 Å². The number of rotatable bonds is 3. The van der Waals surface area contributed by atoms with Crippen LogP contribution in [-0.4, -0.2) is 38.0 Å². The van der Waals surface area contributed by atoms with Crippen LogP contribution in [-0.2, 0) is 16.3 Å². The number of amides is 2. The van der Waals surface area contributed by atoms with E-state index in [2.05, 4.69) is 6.92 Å². The van der Waals surface area contributed by atoms with Crippen molar-refractivity contribution in [2.75, 3.05) is 21.3 Å². The van der Waals surface area contributed by atoms with Gasteiger partial charge in [-0.1, -0.05) is 37.3 Å². The number of hydrogen-bond acceptors (Lipinski definition) is 3. The normalized spacial score (nSPS) is 24.6. The highest BCUT2D eigenvalue weighted by Crippen LogP contribution is 2.37. The van der Waals surface area contributed by atoms with Crippen LogP contribution in [0.25, 0.3) is 0 Å². The van der Waals surface area contributed by atoms with Crippen LogP contribution in [0.15, 0.2) is 54.6 Å². The molecule has 2 amide bonds. The van der Waals surface area contributed by atoms with E-state index in [0.29, 0.717) is 0 Å². The summed E-state index contributed by atoms with van der Waals surface area (Å²) in [7, 11) is -3.16. The van der Waals surface area contributed by atoms with Gasteiger partial charge in [0.2, 0.25) is 0 Å². The van der Waals surface area contributed by atoms with Gasteiger partial charge in [0, 0.05) is 11.4 Å². The molecule has 2 aromatic carbocycles. The van der Waals surface area contributed by atoms with Gasteiger partial charge in [0.05, 0.1) is 23.6 Å². The van der Waals surface area contributed by atoms with Crippen LogP contribution in [0.2, 0.25) is 0 Å². The van der Waals surface area contributed by atoms with E-state index in [1.54, 1.807) is 9.80 Å². The summed E-state index contributed by atoms with van der Waals surface area (Å²) < 4.78 is 24.5. The number of benzene rings is 2. The highest BCUT2D eigenvalue weighted by atomic mass is 32.2. The van der Waals surface area contributed by atoms with Crippen LogP contribution in [0.5, 0.6) is 0 Å². The fourth-order valence-corrected chi connectivity index (χ4v) is 5.71. The minimum absolute atomic E-state index is 0.0157. The zero-order chi connectivity index (χ0) is 17.6. The number of anilines is 2. The van der Waals surface area contributed by atoms with Gasteiger partial charge in [-0.15, -0.1) is 0 Å². The monoisotopic (exact) mass is 356 g/mol. The summed E-state index contributed by atoms with van der Waals surface area (Å²) in [5.41, 5.74) is 2.69. The molecule has 6 heteroatoms. The average Bonchev–Trinajstić information content (AvgIpc) is 3.04. The van der Waals surface area contributed by atoms with E-state index in [4.69, 9.17) is 0 Å². The minimum atomic E-state index is -3.16. The molecule has 4 rings (SSSR count). The molecule has 0 unspecified atom stereocenters. The summed E-state index contributed by atoms with van der Waals surface area (Å²) in [4.78, 5) is 16.4. The maximum absolute atomic E-state index is 13.1. The van der Waals surface area contributed by atoms with Gasteiger partial charge in [-0.2, -0.15) is 0 Å². The molecule has 0 aliphatic carbocycles. The highest BCUT2D eigenvalue weighted by Gasteiger charge is 2.54. The number of sulfone groups is 1. The van der Waals surface area contributed by atoms with Gasteiger partial charge in [-0.3, -0.25) is 9.80 Å². The van der Waals surface area contributed by atoms with Crippen molar-refractivity contribution >= 4 is 27.2 Å². The molecule has 0 radical (unpaired) electrons. The first-order valence-corrected chi connectivity index (χ1v) is 10.3. The molecule has 0 spiro atoms. The van der Waals surface area contributed by atoms with Gasteiger partial charge in [0.25, 0.3) is 0 Å². The molecule has 0 bridgehead atoms. The second-order valence-corrected chi connectivity index (χ2v) is 8.74. The fourth-order valence-electron chi connectivity index (χ4n) is 3.79. The molecule has 2 aliphatic heterocycles. The Bertz CT molecular complexity index is 894. The topological polar surface area (TPSA) is 57.7 Å². The zero-order valence-corrected chi connectivity index (χ0v) is 14.8. The van der Waals surface area contributed by atoms with Gasteiger partial charge >= 0.3 is 6.03 Å². The maximum atomic E-state index is 13.1. The Labute approximate surface area is 147 Å². The number of para-hydroxylation sites is 1. The summed E-state index contributed by atoms with van der Waals surface area (Å²) in [5, 5.41) is 0. The van der Waals surface area contributed by atoms with Gasteiger partial charge < -0.3 is 0 Å². The van der Waals surface area contributed by atoms with Crippen molar-refractivity contribution in [3.63, 3.8) is 0 Å². The molecule has 2 saturated heterocycles. The lowest BCUT2D eigenvalue weighted by atomic mass is 10.1. The third kappa shape index (κ3) is 2.70. The van der Waals surface area contributed by atoms with Crippen molar-refractivity contribution in [1.82, 2.24) is 0 Å². The lowest BCUT2D eigenvalue weighted by Crippen LogP contribution is -2.37. The number of carbonyl (C=O) groups excluding carboxylic acids is 1. The van der Waals surface area contributed by atoms with E-state index >= 15 is 0 Å². The largest absolute Gasteiger partial charge is 0.329 e. The Balaban J connectivity index is 1.77. The smallest absolute Gasteiger partial charge is 0.288 e. The third-order valence-electron chi connectivity index (χ3n) is 5.03. The van der Waals surface area contributed by atoms with Crippen LogP contribution < -0.4 is 9.80 Å². The summed E-state index contributed by atoms with van der Waals surface area (Å²) in [6, 6.07) is 16.3. The SMILES string of the molecule is CCc1ccc(N2C(=O)N(c3ccccc3)[C@@H]3CS(=O)(=O)C[C@H]32)cc1. The quantitative estimate of drug-likeness (QED) is 0.795. The Hall–Kier alpha value is -2.34. The zero-order valence-electron chi connectivity index (χ0n) is 14.0. The predicted octanol–water partition coefficient (Wildman–Crippen LogP) is 2.86. The molecule has 0 saturated carbocycles. The predicted molar refractivity (Wildman–Crippen MR) is 98.8 cm³/mol. The first-order chi connectivity index (χ1) is 12.0. The summed E-state index contributed by atoms with van der Waals surface area (Å²) in [6.07, 6.45) is 0.921. The van der Waals surface area contributed by atoms with Gasteiger partial charge in [-0.25, -0.2) is 13.2 Å². The van der Waals surface area contributed by atoms with Crippen molar-refractivity contribution in [3.8, 4) is 0 Å². The molecule has 2 heterocycles. The second kappa shape index (κ2) is 5.88. The molecule has 0 aromatic heterocycles. The molecule has 2 fully saturated rings. The lowest BCUT2D eigenvalue weighted by Gasteiger charge is -2.22. The molecule has 2 aliphatic rings. The number of carbonyl (C=O) groups is 1. The van der Waals surface area contributed by atoms with E-state index in [1.807, 2.05) is 54.6 Å². The number of nitrogens with zero attached hydrogens (tertiary/aromatic N) is 2. The third-order valence-corrected chi connectivity index (χ3v) is 6.72. The standard InChI is InChI=1S/C19H20N2O3S/c1-2-14-8-10-16(11-9-14)21-18-13-25(23,24)12-17(18)20(19(21)22)15-6-4-3-5-7-15/h3-11,17-18H,2,12-13H2,1H3/t17-,18-/m1/s1. The van der Waals surface area contributed by atoms with Crippen LogP contribution >= 0.6 is 0 Å². The second-order valence-electron chi connectivity index (χ2n) is 6.59. The number of aryl methyl sites for hydroxylation is 1. The number of fused-ring (bicyclic) bond motifs is 1. The molecule has 2 atom stereocenters. The highest BCUT2D eigenvalue weighted by molar-refractivity contribution is 7.91. The molecule has 0 N–H and O–H groups in total. The van der Waals surface area contributed by atoms with E-state index in [0.717, 1.165) is 17.8 Å². The Morgan fingerprint density at radius 2 is 1.40 bits per heavy atom. The lowest BCUT2D eigenvalue weighted by molar-refractivity contribution is 0.255. The van der Waals surface area contributed by atoms with E-state index in [9.17, 15) is 13.2 Å². The molecular formula is C19H20N2O3S. The van der Waals surface area contributed by atoms with E-state index in [1.165, 1.54) is 5.56 Å². The van der Waals surface area contributed by atoms with Crippen molar-refractivity contribution in [1.29, 1.82) is 0 Å². The maximum Gasteiger partial charge on any atom is 0.329 e. The first kappa shape index (κ1) is 16.1. The van der Waals surface area contributed by atoms with Crippen LogP contribution in [0.1, 0.15) is 12.5 Å². The number of urea groups is 1. The van der Waals surface area contributed by atoms with Crippen LogP contribution in [0.3, 0.4) is 0 Å². The molecule has 25 heavy (non-hydrogen) atoms. The Kier molecular flexibility index (Phi) is 3.80. The van der Waals surface area contributed by atoms with Crippen molar-refractivity contribution in [2.24, 2.45) is 0 Å². The van der Waals surface area contributed by atoms with Gasteiger partial charge in [0.1, 0.15) is 0 Å². The Morgan fingerprint density at radius 3 is 1.92 bits per heavy atom. The molecular weight excluding hydrogens is 336 g/mol.